The lowest BCUT2D eigenvalue weighted by molar-refractivity contribution is -0.114. The van der Waals surface area contributed by atoms with Crippen molar-refractivity contribution >= 4 is 5.78 Å². The van der Waals surface area contributed by atoms with Crippen molar-refractivity contribution in [1.82, 2.24) is 0 Å². The lowest BCUT2D eigenvalue weighted by Gasteiger charge is -2.32. The van der Waals surface area contributed by atoms with Gasteiger partial charge in [-0.1, -0.05) is 33.1 Å². The zero-order chi connectivity index (χ0) is 10.3. The Hall–Kier alpha value is -0.330. The summed E-state index contributed by atoms with van der Waals surface area (Å²) < 4.78 is 0. The van der Waals surface area contributed by atoms with Crippen molar-refractivity contribution in [3.05, 3.63) is 0 Å². The summed E-state index contributed by atoms with van der Waals surface area (Å²) in [6.07, 6.45) is 7.36. The molecule has 0 bridgehead atoms. The van der Waals surface area contributed by atoms with E-state index in [0.717, 1.165) is 11.8 Å². The molecule has 0 N–H and O–H groups in total. The van der Waals surface area contributed by atoms with E-state index in [1.807, 2.05) is 0 Å². The fourth-order valence-corrected chi connectivity index (χ4v) is 1.80. The molecule has 1 heteroatoms. The minimum Gasteiger partial charge on any atom is -0.300 e. The second-order valence-electron chi connectivity index (χ2n) is 4.49. The Balaban J connectivity index is 0.000000310. The quantitative estimate of drug-likeness (QED) is 0.651. The van der Waals surface area contributed by atoms with Crippen molar-refractivity contribution in [1.29, 1.82) is 0 Å². The van der Waals surface area contributed by atoms with Gasteiger partial charge in [-0.15, -0.1) is 0 Å². The number of ketones is 1. The van der Waals surface area contributed by atoms with Crippen LogP contribution in [0.2, 0.25) is 0 Å². The number of hydrogen-bond donors (Lipinski definition) is 0. The molecule has 1 aliphatic carbocycles. The van der Waals surface area contributed by atoms with Crippen LogP contribution in [0.15, 0.2) is 0 Å². The molecule has 0 amide bonds. The maximum atomic E-state index is 9.44. The Morgan fingerprint density at radius 1 is 1.31 bits per heavy atom. The molecule has 1 nitrogen and oxygen atoms in total. The van der Waals surface area contributed by atoms with Crippen LogP contribution in [0.3, 0.4) is 0 Å². The van der Waals surface area contributed by atoms with E-state index in [2.05, 4.69) is 13.8 Å². The van der Waals surface area contributed by atoms with Crippen LogP contribution >= 0.6 is 0 Å². The Bertz CT molecular complexity index is 130. The number of carbonyl (C=O) groups is 1. The molecule has 0 radical (unpaired) electrons. The number of hydrogen-bond acceptors (Lipinski definition) is 1. The smallest absolute Gasteiger partial charge is 0.126 e. The van der Waals surface area contributed by atoms with Crippen molar-refractivity contribution in [3.8, 4) is 0 Å². The summed E-state index contributed by atoms with van der Waals surface area (Å²) in [5.74, 6) is 2.33. The molecule has 0 atom stereocenters. The van der Waals surface area contributed by atoms with E-state index < -0.39 is 0 Å². The van der Waals surface area contributed by atoms with Crippen LogP contribution < -0.4 is 0 Å². The molecule has 0 aromatic carbocycles. The van der Waals surface area contributed by atoms with Crippen LogP contribution in [0.25, 0.3) is 0 Å². The lowest BCUT2D eigenvalue weighted by Crippen LogP contribution is -2.20. The first kappa shape index (κ1) is 12.7. The molecular weight excluding hydrogens is 160 g/mol. The fourth-order valence-electron chi connectivity index (χ4n) is 1.80. The largest absolute Gasteiger partial charge is 0.300 e. The molecule has 1 saturated carbocycles. The second-order valence-corrected chi connectivity index (χ2v) is 4.49. The molecule has 1 aliphatic rings. The molecule has 1 rings (SSSR count). The number of Topliss-reactive ketones (excluding diaryl/α,β-unsaturated/α-hetero) is 1. The third-order valence-electron chi connectivity index (χ3n) is 2.44. The summed E-state index contributed by atoms with van der Waals surface area (Å²) >= 11 is 0. The SMILES string of the molecule is CC(C)=O.CCCCC1CC(C)C1. The maximum Gasteiger partial charge on any atom is 0.126 e. The summed E-state index contributed by atoms with van der Waals surface area (Å²) in [4.78, 5) is 9.44. The highest BCUT2D eigenvalue weighted by molar-refractivity contribution is 5.72. The molecule has 0 aliphatic heterocycles. The van der Waals surface area contributed by atoms with Gasteiger partial charge in [0.25, 0.3) is 0 Å². The molecule has 0 unspecified atom stereocenters. The monoisotopic (exact) mass is 184 g/mol. The van der Waals surface area contributed by atoms with Gasteiger partial charge >= 0.3 is 0 Å². The first-order chi connectivity index (χ1) is 6.06. The normalized spacial score (nSPS) is 25.5. The third kappa shape index (κ3) is 8.01. The number of carbonyl (C=O) groups excluding carboxylic acids is 1. The van der Waals surface area contributed by atoms with E-state index in [1.165, 1.54) is 46.0 Å². The summed E-state index contributed by atoms with van der Waals surface area (Å²) in [7, 11) is 0. The van der Waals surface area contributed by atoms with E-state index in [9.17, 15) is 4.79 Å². The van der Waals surface area contributed by atoms with Crippen molar-refractivity contribution in [3.63, 3.8) is 0 Å². The molecule has 0 heterocycles. The molecule has 0 aromatic rings. The highest BCUT2D eigenvalue weighted by Gasteiger charge is 2.23. The average Bonchev–Trinajstić information content (AvgIpc) is 1.95. The molecule has 0 saturated heterocycles. The molecule has 0 spiro atoms. The molecule has 0 aromatic heterocycles. The zero-order valence-corrected chi connectivity index (χ0v) is 9.60. The van der Waals surface area contributed by atoms with E-state index in [4.69, 9.17) is 0 Å². The van der Waals surface area contributed by atoms with Gasteiger partial charge in [-0.3, -0.25) is 0 Å². The van der Waals surface area contributed by atoms with Gasteiger partial charge in [0.1, 0.15) is 5.78 Å². The first-order valence-electron chi connectivity index (χ1n) is 5.53. The van der Waals surface area contributed by atoms with Crippen molar-refractivity contribution in [2.24, 2.45) is 11.8 Å². The van der Waals surface area contributed by atoms with E-state index in [1.54, 1.807) is 0 Å². The number of unbranched alkanes of at least 4 members (excludes halogenated alkanes) is 1. The molecule has 78 valence electrons. The third-order valence-corrected chi connectivity index (χ3v) is 2.44. The topological polar surface area (TPSA) is 17.1 Å². The summed E-state index contributed by atoms with van der Waals surface area (Å²) in [5.41, 5.74) is 0. The van der Waals surface area contributed by atoms with Crippen molar-refractivity contribution in [2.45, 2.75) is 59.8 Å². The Morgan fingerprint density at radius 3 is 2.08 bits per heavy atom. The summed E-state index contributed by atoms with van der Waals surface area (Å²) in [6.45, 7) is 7.70. The van der Waals surface area contributed by atoms with E-state index in [-0.39, 0.29) is 5.78 Å². The van der Waals surface area contributed by atoms with Crippen molar-refractivity contribution < 1.29 is 4.79 Å². The Kier molecular flexibility index (Phi) is 6.93. The van der Waals surface area contributed by atoms with Crippen LogP contribution in [-0.4, -0.2) is 5.78 Å². The minimum absolute atomic E-state index is 0.167. The van der Waals surface area contributed by atoms with Crippen LogP contribution in [0.5, 0.6) is 0 Å². The fraction of sp³-hybridized carbons (Fsp3) is 0.917. The van der Waals surface area contributed by atoms with Gasteiger partial charge in [0, 0.05) is 0 Å². The van der Waals surface area contributed by atoms with Gasteiger partial charge in [-0.05, 0) is 38.5 Å². The summed E-state index contributed by atoms with van der Waals surface area (Å²) in [5, 5.41) is 0. The van der Waals surface area contributed by atoms with Gasteiger partial charge < -0.3 is 4.79 Å². The lowest BCUT2D eigenvalue weighted by atomic mass is 9.74. The van der Waals surface area contributed by atoms with Gasteiger partial charge in [0.2, 0.25) is 0 Å². The van der Waals surface area contributed by atoms with Crippen LogP contribution in [0, 0.1) is 11.8 Å². The molecule has 13 heavy (non-hydrogen) atoms. The van der Waals surface area contributed by atoms with Crippen LogP contribution in [-0.2, 0) is 4.79 Å². The zero-order valence-electron chi connectivity index (χ0n) is 9.60. The Morgan fingerprint density at radius 2 is 1.77 bits per heavy atom. The number of rotatable bonds is 3. The predicted molar refractivity (Wildman–Crippen MR) is 57.8 cm³/mol. The van der Waals surface area contributed by atoms with Crippen LogP contribution in [0.4, 0.5) is 0 Å². The highest BCUT2D eigenvalue weighted by atomic mass is 16.1. The second kappa shape index (κ2) is 7.11. The minimum atomic E-state index is 0.167. The standard InChI is InChI=1S/C9H18.C3H6O/c1-3-4-5-9-6-8(2)7-9;1-3(2)4/h8-9H,3-7H2,1-2H3;1-2H3. The molecule has 1 fully saturated rings. The van der Waals surface area contributed by atoms with Gasteiger partial charge in [0.15, 0.2) is 0 Å². The maximum absolute atomic E-state index is 9.44. The van der Waals surface area contributed by atoms with E-state index in [0.29, 0.717) is 0 Å². The van der Waals surface area contributed by atoms with Gasteiger partial charge in [-0.25, -0.2) is 0 Å². The molecular formula is C12H24O. The Labute approximate surface area is 82.9 Å². The van der Waals surface area contributed by atoms with E-state index >= 15 is 0 Å². The highest BCUT2D eigenvalue weighted by Crippen LogP contribution is 2.36. The van der Waals surface area contributed by atoms with Crippen LogP contribution in [0.1, 0.15) is 59.8 Å². The average molecular weight is 184 g/mol. The van der Waals surface area contributed by atoms with Gasteiger partial charge in [-0.2, -0.15) is 0 Å². The van der Waals surface area contributed by atoms with Gasteiger partial charge in [0.05, 0.1) is 0 Å². The predicted octanol–water partition coefficient (Wildman–Crippen LogP) is 3.82. The first-order valence-corrected chi connectivity index (χ1v) is 5.53. The summed E-state index contributed by atoms with van der Waals surface area (Å²) in [6, 6.07) is 0. The van der Waals surface area contributed by atoms with Crippen molar-refractivity contribution in [2.75, 3.05) is 0 Å².